The molecule has 1 N–H and O–H groups in total. The minimum atomic E-state index is -0.166. The third-order valence-corrected chi connectivity index (χ3v) is 3.25. The van der Waals surface area contributed by atoms with Gasteiger partial charge in [-0.1, -0.05) is 24.8 Å². The Hall–Kier alpha value is -1.36. The number of thioether (sulfide) groups is 1. The number of nitrogens with one attached hydrogen (secondary N) is 1. The Bertz CT molecular complexity index is 381. The highest BCUT2D eigenvalue weighted by Gasteiger charge is 2.13. The number of rotatable bonds is 5. The maximum absolute atomic E-state index is 11.7. The first-order chi connectivity index (χ1) is 8.09. The van der Waals surface area contributed by atoms with Gasteiger partial charge in [-0.3, -0.25) is 14.6 Å². The largest absolute Gasteiger partial charge is 0.352 e. The van der Waals surface area contributed by atoms with Gasteiger partial charge in [0.2, 0.25) is 5.91 Å². The first-order valence-electron chi connectivity index (χ1n) is 5.39. The van der Waals surface area contributed by atoms with Crippen molar-refractivity contribution in [1.82, 2.24) is 10.3 Å². The molecule has 5 heteroatoms. The van der Waals surface area contributed by atoms with Crippen LogP contribution in [0.25, 0.3) is 0 Å². The second-order valence-electron chi connectivity index (χ2n) is 3.78. The summed E-state index contributed by atoms with van der Waals surface area (Å²) in [7, 11) is 0. The molecular weight excluding hydrogens is 236 g/mol. The molecule has 17 heavy (non-hydrogen) atoms. The monoisotopic (exact) mass is 252 g/mol. The maximum atomic E-state index is 11.7. The van der Waals surface area contributed by atoms with Gasteiger partial charge in [0.15, 0.2) is 5.12 Å². The molecular formula is C12H16N2O2S. The molecule has 0 saturated heterocycles. The normalized spacial score (nSPS) is 11.9. The summed E-state index contributed by atoms with van der Waals surface area (Å²) in [5.41, 5.74) is 0.965. The Morgan fingerprint density at radius 3 is 2.88 bits per heavy atom. The van der Waals surface area contributed by atoms with Gasteiger partial charge in [-0.05, 0) is 11.6 Å². The van der Waals surface area contributed by atoms with Crippen LogP contribution in [0.2, 0.25) is 0 Å². The first-order valence-corrected chi connectivity index (χ1v) is 6.38. The van der Waals surface area contributed by atoms with E-state index in [2.05, 4.69) is 10.3 Å². The third kappa shape index (κ3) is 5.49. The molecule has 4 nitrogen and oxygen atoms in total. The van der Waals surface area contributed by atoms with Crippen molar-refractivity contribution in [2.45, 2.75) is 20.4 Å². The third-order valence-electron chi connectivity index (χ3n) is 2.17. The van der Waals surface area contributed by atoms with E-state index in [4.69, 9.17) is 0 Å². The number of amides is 1. The fourth-order valence-corrected chi connectivity index (χ4v) is 1.82. The average molecular weight is 252 g/mol. The van der Waals surface area contributed by atoms with Crippen molar-refractivity contribution >= 4 is 22.8 Å². The van der Waals surface area contributed by atoms with E-state index in [1.54, 1.807) is 12.4 Å². The summed E-state index contributed by atoms with van der Waals surface area (Å²) < 4.78 is 0. The molecule has 92 valence electrons. The molecule has 0 aliphatic heterocycles. The van der Waals surface area contributed by atoms with Crippen molar-refractivity contribution in [2.75, 3.05) is 5.75 Å². The molecule has 1 unspecified atom stereocenters. The second kappa shape index (κ2) is 7.06. The number of carbonyl (C=O) groups excluding carboxylic acids is 2. The van der Waals surface area contributed by atoms with Gasteiger partial charge in [0.05, 0.1) is 0 Å². The van der Waals surface area contributed by atoms with Crippen LogP contribution in [0.4, 0.5) is 0 Å². The van der Waals surface area contributed by atoms with Crippen LogP contribution in [0.15, 0.2) is 24.5 Å². The maximum Gasteiger partial charge on any atom is 0.223 e. The van der Waals surface area contributed by atoms with Crippen molar-refractivity contribution in [3.63, 3.8) is 0 Å². The molecule has 1 rings (SSSR count). The van der Waals surface area contributed by atoms with Gasteiger partial charge >= 0.3 is 0 Å². The topological polar surface area (TPSA) is 59.1 Å². The summed E-state index contributed by atoms with van der Waals surface area (Å²) in [6.07, 6.45) is 3.41. The summed E-state index contributed by atoms with van der Waals surface area (Å²) >= 11 is 1.18. The van der Waals surface area contributed by atoms with E-state index in [0.29, 0.717) is 12.3 Å². The van der Waals surface area contributed by atoms with Crippen LogP contribution in [0.1, 0.15) is 19.4 Å². The summed E-state index contributed by atoms with van der Waals surface area (Å²) in [5.74, 6) is 0.317. The highest BCUT2D eigenvalue weighted by atomic mass is 32.2. The predicted molar refractivity (Wildman–Crippen MR) is 68.4 cm³/mol. The number of carbonyl (C=O) groups is 2. The molecule has 1 heterocycles. The van der Waals surface area contributed by atoms with Gasteiger partial charge in [-0.2, -0.15) is 0 Å². The number of pyridine rings is 1. The summed E-state index contributed by atoms with van der Waals surface area (Å²) in [5, 5.41) is 2.86. The van der Waals surface area contributed by atoms with E-state index in [-0.39, 0.29) is 16.9 Å². The number of nitrogens with zero attached hydrogens (tertiary/aromatic N) is 1. The molecule has 0 aliphatic carbocycles. The van der Waals surface area contributed by atoms with E-state index in [1.165, 1.54) is 18.7 Å². The zero-order valence-corrected chi connectivity index (χ0v) is 10.8. The second-order valence-corrected chi connectivity index (χ2v) is 4.98. The smallest absolute Gasteiger partial charge is 0.223 e. The number of aromatic nitrogens is 1. The lowest BCUT2D eigenvalue weighted by atomic mass is 10.2. The van der Waals surface area contributed by atoms with Crippen molar-refractivity contribution in [1.29, 1.82) is 0 Å². The molecule has 0 bridgehead atoms. The first kappa shape index (κ1) is 13.7. The Kier molecular flexibility index (Phi) is 5.69. The van der Waals surface area contributed by atoms with Crippen LogP contribution in [-0.4, -0.2) is 21.8 Å². The summed E-state index contributed by atoms with van der Waals surface area (Å²) in [4.78, 5) is 26.4. The highest BCUT2D eigenvalue weighted by molar-refractivity contribution is 8.13. The van der Waals surface area contributed by atoms with Gasteiger partial charge in [0.1, 0.15) is 0 Å². The van der Waals surface area contributed by atoms with Crippen LogP contribution < -0.4 is 5.32 Å². The lowest BCUT2D eigenvalue weighted by Crippen LogP contribution is -2.30. The van der Waals surface area contributed by atoms with E-state index in [1.807, 2.05) is 19.1 Å². The Labute approximate surface area is 105 Å². The van der Waals surface area contributed by atoms with Crippen molar-refractivity contribution in [3.8, 4) is 0 Å². The molecule has 0 aromatic carbocycles. The lowest BCUT2D eigenvalue weighted by molar-refractivity contribution is -0.124. The molecule has 1 atom stereocenters. The number of hydrogen-bond donors (Lipinski definition) is 1. The summed E-state index contributed by atoms with van der Waals surface area (Å²) in [6.45, 7) is 3.79. The molecule has 0 spiro atoms. The lowest BCUT2D eigenvalue weighted by Gasteiger charge is -2.10. The highest BCUT2D eigenvalue weighted by Crippen LogP contribution is 2.09. The number of hydrogen-bond acceptors (Lipinski definition) is 4. The van der Waals surface area contributed by atoms with Gasteiger partial charge in [0, 0.05) is 37.5 Å². The molecule has 0 aliphatic rings. The predicted octanol–water partition coefficient (Wildman–Crippen LogP) is 1.61. The van der Waals surface area contributed by atoms with Crippen LogP contribution in [0, 0.1) is 5.92 Å². The summed E-state index contributed by atoms with van der Waals surface area (Å²) in [6, 6.07) is 3.73. The SMILES string of the molecule is CC(=O)SCC(C)C(=O)NCc1cccnc1. The van der Waals surface area contributed by atoms with E-state index >= 15 is 0 Å². The Morgan fingerprint density at radius 2 is 2.29 bits per heavy atom. The Balaban J connectivity index is 2.32. The van der Waals surface area contributed by atoms with E-state index in [9.17, 15) is 9.59 Å². The van der Waals surface area contributed by atoms with Gasteiger partial charge in [-0.15, -0.1) is 0 Å². The minimum Gasteiger partial charge on any atom is -0.352 e. The van der Waals surface area contributed by atoms with Crippen LogP contribution >= 0.6 is 11.8 Å². The molecule has 0 saturated carbocycles. The van der Waals surface area contributed by atoms with E-state index in [0.717, 1.165) is 5.56 Å². The van der Waals surface area contributed by atoms with Crippen molar-refractivity contribution in [2.24, 2.45) is 5.92 Å². The quantitative estimate of drug-likeness (QED) is 0.865. The zero-order valence-electron chi connectivity index (χ0n) is 9.97. The van der Waals surface area contributed by atoms with Crippen molar-refractivity contribution in [3.05, 3.63) is 30.1 Å². The van der Waals surface area contributed by atoms with E-state index < -0.39 is 0 Å². The zero-order chi connectivity index (χ0) is 12.7. The van der Waals surface area contributed by atoms with Crippen LogP contribution in [-0.2, 0) is 16.1 Å². The van der Waals surface area contributed by atoms with Crippen LogP contribution in [0.5, 0.6) is 0 Å². The van der Waals surface area contributed by atoms with Gasteiger partial charge in [-0.25, -0.2) is 0 Å². The molecule has 0 fully saturated rings. The molecule has 1 aromatic rings. The van der Waals surface area contributed by atoms with Gasteiger partial charge < -0.3 is 5.32 Å². The standard InChI is InChI=1S/C12H16N2O2S/c1-9(8-17-10(2)15)12(16)14-7-11-4-3-5-13-6-11/h3-6,9H,7-8H2,1-2H3,(H,14,16). The molecule has 0 radical (unpaired) electrons. The van der Waals surface area contributed by atoms with Gasteiger partial charge in [0.25, 0.3) is 0 Å². The molecule has 1 amide bonds. The fraction of sp³-hybridized carbons (Fsp3) is 0.417. The Morgan fingerprint density at radius 1 is 1.53 bits per heavy atom. The van der Waals surface area contributed by atoms with Crippen molar-refractivity contribution < 1.29 is 9.59 Å². The minimum absolute atomic E-state index is 0.0388. The molecule has 1 aromatic heterocycles. The van der Waals surface area contributed by atoms with Crippen LogP contribution in [0.3, 0.4) is 0 Å². The average Bonchev–Trinajstić information content (AvgIpc) is 2.34. The fourth-order valence-electron chi connectivity index (χ4n) is 1.18.